The van der Waals surface area contributed by atoms with Gasteiger partial charge in [-0.2, -0.15) is 0 Å². The molecular formula is C28H32FNO4. The zero-order valence-electron chi connectivity index (χ0n) is 20.3. The van der Waals surface area contributed by atoms with Crippen LogP contribution in [-0.2, 0) is 14.3 Å². The molecular weight excluding hydrogens is 433 g/mol. The largest absolute Gasteiger partial charge is 0.460 e. The van der Waals surface area contributed by atoms with Crippen LogP contribution in [0.3, 0.4) is 0 Å². The summed E-state index contributed by atoms with van der Waals surface area (Å²) in [5, 5.41) is 11.2. The van der Waals surface area contributed by atoms with E-state index in [1.165, 1.54) is 18.2 Å². The topological polar surface area (TPSA) is 68.5 Å². The van der Waals surface area contributed by atoms with E-state index in [1.807, 2.05) is 24.3 Å². The summed E-state index contributed by atoms with van der Waals surface area (Å²) < 4.78 is 20.9. The van der Waals surface area contributed by atoms with Crippen molar-refractivity contribution in [3.63, 3.8) is 0 Å². The molecule has 0 saturated carbocycles. The van der Waals surface area contributed by atoms with Gasteiger partial charge in [-0.15, -0.1) is 0 Å². The van der Waals surface area contributed by atoms with Crippen LogP contribution in [0.4, 0.5) is 4.39 Å². The van der Waals surface area contributed by atoms with Crippen LogP contribution in [0.15, 0.2) is 54.6 Å². The van der Waals surface area contributed by atoms with Crippen molar-refractivity contribution in [1.82, 2.24) is 4.57 Å². The molecule has 0 aliphatic heterocycles. The van der Waals surface area contributed by atoms with Crippen molar-refractivity contribution in [2.45, 2.75) is 65.2 Å². The van der Waals surface area contributed by atoms with Gasteiger partial charge in [-0.05, 0) is 70.5 Å². The molecule has 0 fully saturated rings. The molecule has 1 atom stereocenters. The maximum atomic E-state index is 13.6. The number of halogens is 1. The van der Waals surface area contributed by atoms with E-state index in [2.05, 4.69) is 18.4 Å². The Kier molecular flexibility index (Phi) is 7.72. The highest BCUT2D eigenvalue weighted by Crippen LogP contribution is 2.37. The first-order valence-electron chi connectivity index (χ1n) is 11.5. The van der Waals surface area contributed by atoms with Crippen molar-refractivity contribution in [3.05, 3.63) is 66.1 Å². The van der Waals surface area contributed by atoms with E-state index in [0.717, 1.165) is 27.7 Å². The molecule has 2 aromatic carbocycles. The number of ketones is 1. The number of aromatic nitrogens is 1. The molecule has 0 bridgehead atoms. The Morgan fingerprint density at radius 3 is 2.32 bits per heavy atom. The zero-order chi connectivity index (χ0) is 25.0. The number of hydrogen-bond acceptors (Lipinski definition) is 4. The predicted molar refractivity (Wildman–Crippen MR) is 133 cm³/mol. The van der Waals surface area contributed by atoms with Gasteiger partial charge in [0.25, 0.3) is 0 Å². The van der Waals surface area contributed by atoms with E-state index in [0.29, 0.717) is 0 Å². The molecule has 180 valence electrons. The molecule has 5 nitrogen and oxygen atoms in total. The Morgan fingerprint density at radius 2 is 1.71 bits per heavy atom. The summed E-state index contributed by atoms with van der Waals surface area (Å²) in [6.07, 6.45) is 1.60. The molecule has 0 amide bonds. The lowest BCUT2D eigenvalue weighted by Crippen LogP contribution is -2.27. The Balaban J connectivity index is 1.92. The fourth-order valence-corrected chi connectivity index (χ4v) is 4.04. The number of aliphatic hydroxyl groups is 1. The SMILES string of the molecule is CC(C)n1c(/C=C/C(=O)C[C@H](O)CC(=O)OC(C)(C)C)c(-c2ccc(F)cc2)c2ccccc21. The van der Waals surface area contributed by atoms with Crippen LogP contribution in [0, 0.1) is 5.82 Å². The van der Waals surface area contributed by atoms with Crippen LogP contribution in [-0.4, -0.2) is 33.1 Å². The second-order valence-electron chi connectivity index (χ2n) is 9.70. The van der Waals surface area contributed by atoms with Gasteiger partial charge >= 0.3 is 5.97 Å². The highest BCUT2D eigenvalue weighted by molar-refractivity contribution is 6.03. The van der Waals surface area contributed by atoms with Gasteiger partial charge in [0.2, 0.25) is 0 Å². The minimum Gasteiger partial charge on any atom is -0.460 e. The van der Waals surface area contributed by atoms with Crippen molar-refractivity contribution in [1.29, 1.82) is 0 Å². The molecule has 34 heavy (non-hydrogen) atoms. The maximum absolute atomic E-state index is 13.6. The van der Waals surface area contributed by atoms with E-state index in [4.69, 9.17) is 4.74 Å². The summed E-state index contributed by atoms with van der Waals surface area (Å²) in [4.78, 5) is 24.6. The zero-order valence-corrected chi connectivity index (χ0v) is 20.3. The summed E-state index contributed by atoms with van der Waals surface area (Å²) in [6.45, 7) is 9.36. The van der Waals surface area contributed by atoms with Crippen molar-refractivity contribution in [2.75, 3.05) is 0 Å². The second kappa shape index (κ2) is 10.3. The lowest BCUT2D eigenvalue weighted by molar-refractivity contribution is -0.157. The molecule has 0 spiro atoms. The number of benzene rings is 2. The molecule has 3 aromatic rings. The molecule has 1 aromatic heterocycles. The summed E-state index contributed by atoms with van der Waals surface area (Å²) in [5.41, 5.74) is 2.92. The van der Waals surface area contributed by atoms with Gasteiger partial charge in [-0.25, -0.2) is 4.39 Å². The molecule has 0 unspecified atom stereocenters. The molecule has 0 aliphatic rings. The Morgan fingerprint density at radius 1 is 1.06 bits per heavy atom. The van der Waals surface area contributed by atoms with Gasteiger partial charge in [0.05, 0.1) is 18.2 Å². The summed E-state index contributed by atoms with van der Waals surface area (Å²) in [6, 6.07) is 14.3. The molecule has 0 radical (unpaired) electrons. The molecule has 0 saturated heterocycles. The smallest absolute Gasteiger partial charge is 0.308 e. The van der Waals surface area contributed by atoms with Crippen molar-refractivity contribution in [2.24, 2.45) is 0 Å². The van der Waals surface area contributed by atoms with Crippen molar-refractivity contribution >= 4 is 28.7 Å². The Bertz CT molecular complexity index is 1200. The van der Waals surface area contributed by atoms with Crippen LogP contribution >= 0.6 is 0 Å². The number of hydrogen-bond donors (Lipinski definition) is 1. The molecule has 1 heterocycles. The van der Waals surface area contributed by atoms with Crippen molar-refractivity contribution < 1.29 is 23.8 Å². The summed E-state index contributed by atoms with van der Waals surface area (Å²) in [5.74, 6) is -1.17. The minimum absolute atomic E-state index is 0.103. The first kappa shape index (κ1) is 25.4. The van der Waals surface area contributed by atoms with Gasteiger partial charge in [0, 0.05) is 28.9 Å². The number of allylic oxidation sites excluding steroid dienone is 1. The van der Waals surface area contributed by atoms with Gasteiger partial charge in [0.1, 0.15) is 11.4 Å². The summed E-state index contributed by atoms with van der Waals surface area (Å²) >= 11 is 0. The number of nitrogens with zero attached hydrogens (tertiary/aromatic N) is 1. The Hall–Kier alpha value is -3.25. The van der Waals surface area contributed by atoms with Crippen LogP contribution in [0.2, 0.25) is 0 Å². The highest BCUT2D eigenvalue weighted by Gasteiger charge is 2.21. The number of aliphatic hydroxyl groups excluding tert-OH is 1. The quantitative estimate of drug-likeness (QED) is 0.323. The summed E-state index contributed by atoms with van der Waals surface area (Å²) in [7, 11) is 0. The van der Waals surface area contributed by atoms with Crippen molar-refractivity contribution in [3.8, 4) is 11.1 Å². The maximum Gasteiger partial charge on any atom is 0.308 e. The van der Waals surface area contributed by atoms with E-state index in [9.17, 15) is 19.1 Å². The third-order valence-electron chi connectivity index (χ3n) is 5.28. The number of ether oxygens (including phenoxy) is 1. The monoisotopic (exact) mass is 465 g/mol. The number of rotatable bonds is 8. The van der Waals surface area contributed by atoms with E-state index < -0.39 is 17.7 Å². The normalized spacial score (nSPS) is 13.1. The third-order valence-corrected chi connectivity index (χ3v) is 5.28. The molecule has 3 rings (SSSR count). The number of carbonyl (C=O) groups is 2. The van der Waals surface area contributed by atoms with Crippen LogP contribution in [0.25, 0.3) is 28.1 Å². The number of esters is 1. The van der Waals surface area contributed by atoms with Crippen LogP contribution < -0.4 is 0 Å². The Labute approximate surface area is 199 Å². The van der Waals surface area contributed by atoms with Gasteiger partial charge < -0.3 is 14.4 Å². The second-order valence-corrected chi connectivity index (χ2v) is 9.70. The molecule has 1 N–H and O–H groups in total. The standard InChI is InChI=1S/C28H32FNO4/c1-18(2)30-24-9-7-6-8-23(24)27(19-10-12-20(29)13-11-19)25(30)15-14-21(31)16-22(32)17-26(33)34-28(3,4)5/h6-15,18,22,32H,16-17H2,1-5H3/b15-14+/t22-/m0/s1. The minimum atomic E-state index is -1.13. The first-order chi connectivity index (χ1) is 16.0. The molecule has 6 heteroatoms. The van der Waals surface area contributed by atoms with Crippen LogP contribution in [0.1, 0.15) is 59.2 Å². The highest BCUT2D eigenvalue weighted by atomic mass is 19.1. The number of para-hydroxylation sites is 1. The molecule has 0 aliphatic carbocycles. The number of carbonyl (C=O) groups excluding carboxylic acids is 2. The van der Waals surface area contributed by atoms with E-state index in [1.54, 1.807) is 39.0 Å². The average molecular weight is 466 g/mol. The lowest BCUT2D eigenvalue weighted by atomic mass is 10.0. The van der Waals surface area contributed by atoms with E-state index in [-0.39, 0.29) is 30.5 Å². The van der Waals surface area contributed by atoms with Crippen LogP contribution in [0.5, 0.6) is 0 Å². The first-order valence-corrected chi connectivity index (χ1v) is 11.5. The lowest BCUT2D eigenvalue weighted by Gasteiger charge is -2.20. The van der Waals surface area contributed by atoms with E-state index >= 15 is 0 Å². The third kappa shape index (κ3) is 6.20. The fraction of sp³-hybridized carbons (Fsp3) is 0.357. The van der Waals surface area contributed by atoms with Gasteiger partial charge in [0.15, 0.2) is 5.78 Å². The number of fused-ring (bicyclic) bond motifs is 1. The van der Waals surface area contributed by atoms with Gasteiger partial charge in [-0.1, -0.05) is 30.3 Å². The predicted octanol–water partition coefficient (Wildman–Crippen LogP) is 6.09. The van der Waals surface area contributed by atoms with Gasteiger partial charge in [-0.3, -0.25) is 9.59 Å². The average Bonchev–Trinajstić information content (AvgIpc) is 3.05. The fourth-order valence-electron chi connectivity index (χ4n) is 4.04.